The summed E-state index contributed by atoms with van der Waals surface area (Å²) < 4.78 is 5.21. The van der Waals surface area contributed by atoms with Gasteiger partial charge in [0.15, 0.2) is 0 Å². The van der Waals surface area contributed by atoms with Crippen LogP contribution in [0.2, 0.25) is 0 Å². The van der Waals surface area contributed by atoms with Crippen molar-refractivity contribution in [1.29, 1.82) is 0 Å². The molecule has 0 amide bonds. The number of aliphatic carboxylic acids is 1. The molecule has 144 valence electrons. The Balaban J connectivity index is 2.88. The molecule has 0 fully saturated rings. The van der Waals surface area contributed by atoms with Gasteiger partial charge in [-0.1, -0.05) is 12.1 Å². The van der Waals surface area contributed by atoms with Gasteiger partial charge < -0.3 is 14.9 Å². The molecule has 0 unspecified atom stereocenters. The van der Waals surface area contributed by atoms with Crippen molar-refractivity contribution >= 4 is 17.6 Å². The van der Waals surface area contributed by atoms with Gasteiger partial charge in [-0.15, -0.1) is 0 Å². The monoisotopic (exact) mass is 368 g/mol. The molecule has 1 aromatic rings. The fourth-order valence-corrected chi connectivity index (χ4v) is 2.36. The quantitative estimate of drug-likeness (QED) is 0.378. The standard InChI is InChI=1S/C17H24N2O7/c1-17(2,3)26-16(23)10-18(9-15(21)22)14(11-20)8-12-4-6-13(7-5-12)19(24)25/h4-7,14,20H,8-11H2,1-3H3,(H,21,22)/t14-/m0/s1. The molecule has 0 aliphatic heterocycles. The molecule has 2 N–H and O–H groups in total. The predicted molar refractivity (Wildman–Crippen MR) is 92.7 cm³/mol. The van der Waals surface area contributed by atoms with E-state index in [4.69, 9.17) is 9.84 Å². The van der Waals surface area contributed by atoms with E-state index in [1.807, 2.05) is 0 Å². The number of hydrogen-bond donors (Lipinski definition) is 2. The summed E-state index contributed by atoms with van der Waals surface area (Å²) in [5.41, 5.74) is -0.0985. The van der Waals surface area contributed by atoms with Gasteiger partial charge in [0.05, 0.1) is 24.6 Å². The van der Waals surface area contributed by atoms with E-state index in [-0.39, 0.29) is 25.3 Å². The summed E-state index contributed by atoms with van der Waals surface area (Å²) in [5.74, 6) is -1.74. The van der Waals surface area contributed by atoms with Gasteiger partial charge in [-0.3, -0.25) is 24.6 Å². The van der Waals surface area contributed by atoms with E-state index in [9.17, 15) is 24.8 Å². The summed E-state index contributed by atoms with van der Waals surface area (Å²) in [5, 5.41) is 29.4. The van der Waals surface area contributed by atoms with Crippen LogP contribution in [0.3, 0.4) is 0 Å². The van der Waals surface area contributed by atoms with Gasteiger partial charge >= 0.3 is 11.9 Å². The fraction of sp³-hybridized carbons (Fsp3) is 0.529. The molecule has 0 aliphatic rings. The molecule has 0 saturated carbocycles. The average molecular weight is 368 g/mol. The van der Waals surface area contributed by atoms with E-state index >= 15 is 0 Å². The van der Waals surface area contributed by atoms with Crippen LogP contribution in [0.15, 0.2) is 24.3 Å². The lowest BCUT2D eigenvalue weighted by Crippen LogP contribution is -2.46. The van der Waals surface area contributed by atoms with Crippen molar-refractivity contribution < 1.29 is 29.5 Å². The van der Waals surface area contributed by atoms with Crippen molar-refractivity contribution in [1.82, 2.24) is 4.90 Å². The average Bonchev–Trinajstić information content (AvgIpc) is 2.50. The van der Waals surface area contributed by atoms with Gasteiger partial charge in [0, 0.05) is 18.2 Å². The SMILES string of the molecule is CC(C)(C)OC(=O)CN(CC(=O)O)[C@H](CO)Cc1ccc([N+](=O)[O-])cc1. The molecule has 1 aromatic carbocycles. The zero-order chi connectivity index (χ0) is 19.9. The minimum Gasteiger partial charge on any atom is -0.480 e. The summed E-state index contributed by atoms with van der Waals surface area (Å²) in [6.45, 7) is 3.98. The van der Waals surface area contributed by atoms with Gasteiger partial charge in [0.25, 0.3) is 5.69 Å². The van der Waals surface area contributed by atoms with Gasteiger partial charge in [0.2, 0.25) is 0 Å². The second-order valence-electron chi connectivity index (χ2n) is 6.85. The van der Waals surface area contributed by atoms with Crippen molar-refractivity contribution in [2.75, 3.05) is 19.7 Å². The van der Waals surface area contributed by atoms with Gasteiger partial charge in [-0.25, -0.2) is 0 Å². The number of aliphatic hydroxyl groups excluding tert-OH is 1. The Morgan fingerprint density at radius 2 is 1.81 bits per heavy atom. The molecule has 0 aliphatic carbocycles. The van der Waals surface area contributed by atoms with Crippen LogP contribution < -0.4 is 0 Å². The number of nitrogens with zero attached hydrogens (tertiary/aromatic N) is 2. The van der Waals surface area contributed by atoms with E-state index < -0.39 is 35.0 Å². The molecule has 0 aromatic heterocycles. The first-order valence-corrected chi connectivity index (χ1v) is 8.03. The Kier molecular flexibility index (Phi) is 7.66. The second-order valence-corrected chi connectivity index (χ2v) is 6.85. The van der Waals surface area contributed by atoms with Crippen molar-refractivity contribution in [2.24, 2.45) is 0 Å². The molecule has 0 heterocycles. The lowest BCUT2D eigenvalue weighted by molar-refractivity contribution is -0.384. The lowest BCUT2D eigenvalue weighted by atomic mass is 10.0. The van der Waals surface area contributed by atoms with Crippen molar-refractivity contribution in [3.63, 3.8) is 0 Å². The molecule has 9 heteroatoms. The first-order valence-electron chi connectivity index (χ1n) is 8.03. The first-order chi connectivity index (χ1) is 12.0. The minimum absolute atomic E-state index is 0.0644. The second kappa shape index (κ2) is 9.25. The largest absolute Gasteiger partial charge is 0.480 e. The van der Waals surface area contributed by atoms with E-state index in [2.05, 4.69) is 0 Å². The van der Waals surface area contributed by atoms with Crippen LogP contribution in [0, 0.1) is 10.1 Å². The Morgan fingerprint density at radius 1 is 1.23 bits per heavy atom. The van der Waals surface area contributed by atoms with Crippen LogP contribution in [0.1, 0.15) is 26.3 Å². The third kappa shape index (κ3) is 7.58. The molecular formula is C17H24N2O7. The maximum absolute atomic E-state index is 12.0. The van der Waals surface area contributed by atoms with Crippen molar-refractivity contribution in [3.05, 3.63) is 39.9 Å². The third-order valence-electron chi connectivity index (χ3n) is 3.44. The van der Waals surface area contributed by atoms with E-state index in [0.29, 0.717) is 5.56 Å². The summed E-state index contributed by atoms with van der Waals surface area (Å²) in [7, 11) is 0. The Bertz CT molecular complexity index is 638. The van der Waals surface area contributed by atoms with Crippen molar-refractivity contribution in [2.45, 2.75) is 38.8 Å². The molecule has 1 rings (SSSR count). The highest BCUT2D eigenvalue weighted by Crippen LogP contribution is 2.16. The molecular weight excluding hydrogens is 344 g/mol. The molecule has 26 heavy (non-hydrogen) atoms. The first kappa shape index (κ1) is 21.5. The maximum atomic E-state index is 12.0. The Morgan fingerprint density at radius 3 is 2.23 bits per heavy atom. The normalized spacial score (nSPS) is 12.7. The third-order valence-corrected chi connectivity index (χ3v) is 3.44. The highest BCUT2D eigenvalue weighted by molar-refractivity contribution is 5.74. The summed E-state index contributed by atoms with van der Waals surface area (Å²) >= 11 is 0. The van der Waals surface area contributed by atoms with Crippen LogP contribution in [0.25, 0.3) is 0 Å². The number of carboxylic acid groups (broad SMARTS) is 1. The molecule has 9 nitrogen and oxygen atoms in total. The van der Waals surface area contributed by atoms with Gasteiger partial charge in [-0.05, 0) is 32.8 Å². The number of non-ortho nitro benzene ring substituents is 1. The van der Waals surface area contributed by atoms with Crippen LogP contribution >= 0.6 is 0 Å². The van der Waals surface area contributed by atoms with Gasteiger partial charge in [-0.2, -0.15) is 0 Å². The zero-order valence-electron chi connectivity index (χ0n) is 15.0. The predicted octanol–water partition coefficient (Wildman–Crippen LogP) is 1.23. The number of nitro groups is 1. The number of carbonyl (C=O) groups excluding carboxylic acids is 1. The van der Waals surface area contributed by atoms with Gasteiger partial charge in [0.1, 0.15) is 5.60 Å². The number of hydrogen-bond acceptors (Lipinski definition) is 7. The maximum Gasteiger partial charge on any atom is 0.320 e. The molecule has 0 saturated heterocycles. The topological polar surface area (TPSA) is 130 Å². The summed E-state index contributed by atoms with van der Waals surface area (Å²) in [4.78, 5) is 34.6. The number of rotatable bonds is 9. The van der Waals surface area contributed by atoms with E-state index in [0.717, 1.165) is 0 Å². The van der Waals surface area contributed by atoms with Crippen molar-refractivity contribution in [3.8, 4) is 0 Å². The van der Waals surface area contributed by atoms with Crippen LogP contribution in [-0.2, 0) is 20.7 Å². The summed E-state index contributed by atoms with van der Waals surface area (Å²) in [6.07, 6.45) is 0.227. The van der Waals surface area contributed by atoms with Crippen LogP contribution in [-0.4, -0.2) is 63.3 Å². The fourth-order valence-electron chi connectivity index (χ4n) is 2.36. The minimum atomic E-state index is -1.14. The molecule has 0 spiro atoms. The zero-order valence-corrected chi connectivity index (χ0v) is 15.0. The number of benzene rings is 1. The van der Waals surface area contributed by atoms with E-state index in [1.54, 1.807) is 20.8 Å². The number of carboxylic acids is 1. The highest BCUT2D eigenvalue weighted by atomic mass is 16.6. The van der Waals surface area contributed by atoms with Crippen LogP contribution in [0.5, 0.6) is 0 Å². The highest BCUT2D eigenvalue weighted by Gasteiger charge is 2.26. The molecule has 0 bridgehead atoms. The number of nitro benzene ring substituents is 1. The number of carbonyl (C=O) groups is 2. The molecule has 1 atom stereocenters. The summed E-state index contributed by atoms with van der Waals surface area (Å²) in [6, 6.07) is 5.08. The smallest absolute Gasteiger partial charge is 0.320 e. The van der Waals surface area contributed by atoms with Crippen LogP contribution in [0.4, 0.5) is 5.69 Å². The Labute approximate surface area is 151 Å². The lowest BCUT2D eigenvalue weighted by Gasteiger charge is -2.29. The van der Waals surface area contributed by atoms with E-state index in [1.165, 1.54) is 29.2 Å². The number of ether oxygens (including phenoxy) is 1. The number of esters is 1. The molecule has 0 radical (unpaired) electrons. The Hall–Kier alpha value is -2.52. The number of aliphatic hydroxyl groups is 1.